The van der Waals surface area contributed by atoms with E-state index in [2.05, 4.69) is 0 Å². The van der Waals surface area contributed by atoms with E-state index in [-0.39, 0.29) is 36.5 Å². The van der Waals surface area contributed by atoms with E-state index in [1.165, 1.54) is 6.92 Å². The summed E-state index contributed by atoms with van der Waals surface area (Å²) in [5.41, 5.74) is 1.09. The van der Waals surface area contributed by atoms with Gasteiger partial charge in [-0.2, -0.15) is 0 Å². The molecule has 0 amide bonds. The number of hydrogen-bond acceptors (Lipinski definition) is 6. The SMILES string of the molecule is CC(=O)O[C@@H](/C=C/C12CC(=O)OC1CC(OC(=O)c1ccccc1)C2)CCc1ccccc1. The predicted octanol–water partition coefficient (Wildman–Crippen LogP) is 4.43. The molecule has 4 rings (SSSR count). The van der Waals surface area contributed by atoms with Crippen molar-refractivity contribution < 1.29 is 28.6 Å². The second kappa shape index (κ2) is 10.0. The van der Waals surface area contributed by atoms with Gasteiger partial charge in [0.05, 0.1) is 12.0 Å². The van der Waals surface area contributed by atoms with Crippen molar-refractivity contribution in [3.63, 3.8) is 0 Å². The highest BCUT2D eigenvalue weighted by Crippen LogP contribution is 2.50. The van der Waals surface area contributed by atoms with Gasteiger partial charge < -0.3 is 14.2 Å². The summed E-state index contributed by atoms with van der Waals surface area (Å²) in [4.78, 5) is 36.2. The van der Waals surface area contributed by atoms with Crippen LogP contribution in [0, 0.1) is 5.41 Å². The van der Waals surface area contributed by atoms with E-state index in [4.69, 9.17) is 14.2 Å². The van der Waals surface area contributed by atoms with E-state index in [1.54, 1.807) is 24.3 Å². The highest BCUT2D eigenvalue weighted by Gasteiger charge is 2.55. The largest absolute Gasteiger partial charge is 0.461 e. The maximum atomic E-state index is 12.5. The first-order valence-electron chi connectivity index (χ1n) is 11.3. The number of carbonyl (C=O) groups excluding carboxylic acids is 3. The first kappa shape index (κ1) is 22.8. The lowest BCUT2D eigenvalue weighted by Gasteiger charge is -2.23. The molecule has 0 radical (unpaired) electrons. The number of carbonyl (C=O) groups is 3. The Kier molecular flexibility index (Phi) is 6.92. The molecule has 1 saturated carbocycles. The Morgan fingerprint density at radius 2 is 1.82 bits per heavy atom. The molecule has 6 heteroatoms. The molecule has 0 spiro atoms. The molecular weight excluding hydrogens is 420 g/mol. The number of rotatable bonds is 8. The van der Waals surface area contributed by atoms with Gasteiger partial charge >= 0.3 is 17.9 Å². The van der Waals surface area contributed by atoms with Crippen LogP contribution in [0.5, 0.6) is 0 Å². The number of hydrogen-bond donors (Lipinski definition) is 0. The average molecular weight is 449 g/mol. The van der Waals surface area contributed by atoms with E-state index in [1.807, 2.05) is 48.6 Å². The van der Waals surface area contributed by atoms with Crippen molar-refractivity contribution in [1.82, 2.24) is 0 Å². The number of esters is 3. The minimum absolute atomic E-state index is 0.221. The minimum atomic E-state index is -0.566. The van der Waals surface area contributed by atoms with Gasteiger partial charge in [0.1, 0.15) is 18.3 Å². The first-order valence-corrected chi connectivity index (χ1v) is 11.3. The molecule has 2 aromatic rings. The molecule has 172 valence electrons. The molecule has 1 aliphatic carbocycles. The summed E-state index contributed by atoms with van der Waals surface area (Å²) < 4.78 is 16.8. The van der Waals surface area contributed by atoms with Crippen LogP contribution in [0.4, 0.5) is 0 Å². The van der Waals surface area contributed by atoms with Crippen LogP contribution in [0.15, 0.2) is 72.8 Å². The minimum Gasteiger partial charge on any atom is -0.461 e. The highest BCUT2D eigenvalue weighted by molar-refractivity contribution is 5.89. The van der Waals surface area contributed by atoms with Crippen LogP contribution in [0.25, 0.3) is 0 Å². The van der Waals surface area contributed by atoms with Gasteiger partial charge in [-0.05, 0) is 43.0 Å². The Bertz CT molecular complexity index is 1020. The Morgan fingerprint density at radius 3 is 2.52 bits per heavy atom. The molecule has 2 fully saturated rings. The Morgan fingerprint density at radius 1 is 1.12 bits per heavy atom. The maximum absolute atomic E-state index is 12.5. The van der Waals surface area contributed by atoms with Gasteiger partial charge in [-0.15, -0.1) is 0 Å². The third-order valence-electron chi connectivity index (χ3n) is 6.28. The van der Waals surface area contributed by atoms with Crippen LogP contribution < -0.4 is 0 Å². The van der Waals surface area contributed by atoms with Crippen molar-refractivity contribution in [1.29, 1.82) is 0 Å². The van der Waals surface area contributed by atoms with Crippen molar-refractivity contribution in [2.75, 3.05) is 0 Å². The van der Waals surface area contributed by atoms with E-state index >= 15 is 0 Å². The Balaban J connectivity index is 1.45. The van der Waals surface area contributed by atoms with E-state index in [0.717, 1.165) is 12.0 Å². The molecule has 1 heterocycles. The zero-order valence-corrected chi connectivity index (χ0v) is 18.6. The first-order chi connectivity index (χ1) is 15.9. The molecule has 0 N–H and O–H groups in total. The number of aryl methyl sites for hydroxylation is 1. The van der Waals surface area contributed by atoms with Crippen molar-refractivity contribution in [2.24, 2.45) is 5.41 Å². The van der Waals surface area contributed by atoms with Gasteiger partial charge in [-0.3, -0.25) is 9.59 Å². The van der Waals surface area contributed by atoms with Gasteiger partial charge in [-0.1, -0.05) is 54.6 Å². The molecule has 6 nitrogen and oxygen atoms in total. The molecule has 2 aromatic carbocycles. The summed E-state index contributed by atoms with van der Waals surface area (Å²) in [5, 5.41) is 0. The fraction of sp³-hybridized carbons (Fsp3) is 0.370. The summed E-state index contributed by atoms with van der Waals surface area (Å²) >= 11 is 0. The topological polar surface area (TPSA) is 78.9 Å². The van der Waals surface area contributed by atoms with Crippen LogP contribution in [-0.4, -0.2) is 36.2 Å². The molecule has 2 aliphatic rings. The van der Waals surface area contributed by atoms with Gasteiger partial charge in [-0.25, -0.2) is 4.79 Å². The average Bonchev–Trinajstić information content (AvgIpc) is 3.28. The van der Waals surface area contributed by atoms with Crippen molar-refractivity contribution in [2.45, 2.75) is 57.3 Å². The highest BCUT2D eigenvalue weighted by atomic mass is 16.6. The second-order valence-electron chi connectivity index (χ2n) is 8.75. The molecule has 1 saturated heterocycles. The fourth-order valence-electron chi connectivity index (χ4n) is 4.71. The molecule has 3 unspecified atom stereocenters. The lowest BCUT2D eigenvalue weighted by Crippen LogP contribution is -2.24. The molecule has 4 atom stereocenters. The number of fused-ring (bicyclic) bond motifs is 1. The fourth-order valence-corrected chi connectivity index (χ4v) is 4.71. The quantitative estimate of drug-likeness (QED) is 0.338. The van der Waals surface area contributed by atoms with Crippen molar-refractivity contribution in [3.05, 3.63) is 83.9 Å². The maximum Gasteiger partial charge on any atom is 0.338 e. The summed E-state index contributed by atoms with van der Waals surface area (Å²) in [5.74, 6) is -0.996. The summed E-state index contributed by atoms with van der Waals surface area (Å²) in [6.45, 7) is 1.39. The predicted molar refractivity (Wildman–Crippen MR) is 121 cm³/mol. The monoisotopic (exact) mass is 448 g/mol. The normalized spacial score (nSPS) is 24.8. The van der Waals surface area contributed by atoms with Crippen LogP contribution in [0.1, 0.15) is 48.5 Å². The van der Waals surface area contributed by atoms with E-state index in [0.29, 0.717) is 24.8 Å². The summed E-state index contributed by atoms with van der Waals surface area (Å²) in [6, 6.07) is 18.8. The van der Waals surface area contributed by atoms with Gasteiger partial charge in [0, 0.05) is 18.8 Å². The Hall–Kier alpha value is -3.41. The summed E-state index contributed by atoms with van der Waals surface area (Å²) in [6.07, 6.45) is 5.23. The molecule has 1 aliphatic heterocycles. The lowest BCUT2D eigenvalue weighted by atomic mass is 9.81. The number of ether oxygens (including phenoxy) is 3. The standard InChI is InChI=1S/C27H28O6/c1-19(28)31-22(13-12-20-8-4-2-5-9-20)14-15-27-17-23(16-24(27)33-25(29)18-27)32-26(30)21-10-6-3-7-11-21/h2-11,14-15,22-24H,12-13,16-18H2,1H3/b15-14+/t22-,23?,24?,27?/m1/s1. The van der Waals surface area contributed by atoms with Crippen molar-refractivity contribution in [3.8, 4) is 0 Å². The van der Waals surface area contributed by atoms with Gasteiger partial charge in [0.2, 0.25) is 0 Å². The van der Waals surface area contributed by atoms with Gasteiger partial charge in [0.25, 0.3) is 0 Å². The third-order valence-corrected chi connectivity index (χ3v) is 6.28. The van der Waals surface area contributed by atoms with Crippen LogP contribution >= 0.6 is 0 Å². The summed E-state index contributed by atoms with van der Waals surface area (Å²) in [7, 11) is 0. The zero-order chi connectivity index (χ0) is 23.3. The van der Waals surface area contributed by atoms with Crippen molar-refractivity contribution >= 4 is 17.9 Å². The lowest BCUT2D eigenvalue weighted by molar-refractivity contribution is -0.144. The third kappa shape index (κ3) is 5.69. The smallest absolute Gasteiger partial charge is 0.338 e. The molecule has 33 heavy (non-hydrogen) atoms. The van der Waals surface area contributed by atoms with Crippen LogP contribution in [-0.2, 0) is 30.2 Å². The number of benzene rings is 2. The zero-order valence-electron chi connectivity index (χ0n) is 18.6. The Labute approximate surface area is 193 Å². The van der Waals surface area contributed by atoms with Gasteiger partial charge in [0.15, 0.2) is 0 Å². The van der Waals surface area contributed by atoms with E-state index < -0.39 is 11.5 Å². The molecular formula is C27H28O6. The van der Waals surface area contributed by atoms with E-state index in [9.17, 15) is 14.4 Å². The van der Waals surface area contributed by atoms with Crippen LogP contribution in [0.3, 0.4) is 0 Å². The molecule has 0 aromatic heterocycles. The van der Waals surface area contributed by atoms with Crippen LogP contribution in [0.2, 0.25) is 0 Å². The second-order valence-corrected chi connectivity index (χ2v) is 8.75. The molecule has 0 bridgehead atoms.